The fourth-order valence-electron chi connectivity index (χ4n) is 2.72. The summed E-state index contributed by atoms with van der Waals surface area (Å²) < 4.78 is 31.7. The largest absolute Gasteiger partial charge is 0.457 e. The highest BCUT2D eigenvalue weighted by Crippen LogP contribution is 2.16. The lowest BCUT2D eigenvalue weighted by Crippen LogP contribution is -2.23. The quantitative estimate of drug-likeness (QED) is 0.780. The topological polar surface area (TPSA) is 46.6 Å². The monoisotopic (exact) mass is 345 g/mol. The van der Waals surface area contributed by atoms with E-state index in [2.05, 4.69) is 0 Å². The Morgan fingerprint density at radius 2 is 1.88 bits per heavy atom. The number of carbonyl (C=O) groups excluding carboxylic acids is 2. The summed E-state index contributed by atoms with van der Waals surface area (Å²) in [7, 11) is 0. The second kappa shape index (κ2) is 7.42. The highest BCUT2D eigenvalue weighted by Gasteiger charge is 2.20. The normalized spacial score (nSPS) is 14.0. The molecule has 130 valence electrons. The van der Waals surface area contributed by atoms with Gasteiger partial charge < -0.3 is 9.64 Å². The third kappa shape index (κ3) is 4.02. The lowest BCUT2D eigenvalue weighted by Gasteiger charge is -2.15. The van der Waals surface area contributed by atoms with E-state index in [4.69, 9.17) is 4.74 Å². The van der Waals surface area contributed by atoms with Crippen molar-refractivity contribution >= 4 is 11.9 Å². The molecule has 2 aromatic carbocycles. The van der Waals surface area contributed by atoms with E-state index in [9.17, 15) is 18.4 Å². The minimum Gasteiger partial charge on any atom is -0.457 e. The first-order valence-corrected chi connectivity index (χ1v) is 8.01. The molecule has 3 rings (SSSR count). The predicted molar refractivity (Wildman–Crippen MR) is 86.6 cm³/mol. The van der Waals surface area contributed by atoms with Gasteiger partial charge in [0.05, 0.1) is 5.56 Å². The van der Waals surface area contributed by atoms with E-state index < -0.39 is 17.6 Å². The molecule has 1 heterocycles. The van der Waals surface area contributed by atoms with Gasteiger partial charge in [-0.25, -0.2) is 13.6 Å². The minimum atomic E-state index is -1.01. The van der Waals surface area contributed by atoms with Crippen LogP contribution in [0.25, 0.3) is 0 Å². The number of hydrogen-bond donors (Lipinski definition) is 0. The number of benzene rings is 2. The number of nitrogens with zero attached hydrogens (tertiary/aromatic N) is 1. The number of halogens is 2. The van der Waals surface area contributed by atoms with Crippen molar-refractivity contribution in [2.75, 3.05) is 6.54 Å². The molecule has 0 saturated carbocycles. The molecule has 0 radical (unpaired) electrons. The van der Waals surface area contributed by atoms with Crippen molar-refractivity contribution in [1.82, 2.24) is 4.90 Å². The third-order valence-electron chi connectivity index (χ3n) is 4.12. The molecule has 0 aliphatic carbocycles. The summed E-state index contributed by atoms with van der Waals surface area (Å²) in [5.74, 6) is -2.47. The van der Waals surface area contributed by atoms with Gasteiger partial charge in [-0.15, -0.1) is 0 Å². The van der Waals surface area contributed by atoms with Gasteiger partial charge in [-0.3, -0.25) is 4.79 Å². The van der Waals surface area contributed by atoms with Crippen LogP contribution in [0.5, 0.6) is 0 Å². The number of amides is 1. The van der Waals surface area contributed by atoms with Crippen LogP contribution < -0.4 is 0 Å². The molecule has 4 nitrogen and oxygen atoms in total. The Bertz CT molecular complexity index is 790. The molecule has 2 aromatic rings. The van der Waals surface area contributed by atoms with Crippen molar-refractivity contribution in [3.05, 3.63) is 70.8 Å². The molecule has 1 aliphatic rings. The van der Waals surface area contributed by atoms with Crippen molar-refractivity contribution in [3.8, 4) is 0 Å². The molecule has 0 N–H and O–H groups in total. The molecule has 1 amide bonds. The first-order chi connectivity index (χ1) is 12.0. The lowest BCUT2D eigenvalue weighted by molar-refractivity contribution is -0.128. The second-order valence-electron chi connectivity index (χ2n) is 5.90. The fraction of sp³-hybridized carbons (Fsp3) is 0.263. The Hall–Kier alpha value is -2.76. The van der Waals surface area contributed by atoms with Gasteiger partial charge >= 0.3 is 5.97 Å². The molecule has 25 heavy (non-hydrogen) atoms. The molecular weight excluding hydrogens is 328 g/mol. The molecule has 0 spiro atoms. The second-order valence-corrected chi connectivity index (χ2v) is 5.90. The van der Waals surface area contributed by atoms with Gasteiger partial charge in [-0.2, -0.15) is 0 Å². The average Bonchev–Trinajstić information content (AvgIpc) is 3.01. The van der Waals surface area contributed by atoms with Crippen molar-refractivity contribution < 1.29 is 23.1 Å². The van der Waals surface area contributed by atoms with Crippen LogP contribution in [0.4, 0.5) is 8.78 Å². The number of likely N-dealkylation sites (tertiary alicyclic amines) is 1. The summed E-state index contributed by atoms with van der Waals surface area (Å²) in [6, 6.07) is 10.4. The highest BCUT2D eigenvalue weighted by atomic mass is 19.2. The van der Waals surface area contributed by atoms with Gasteiger partial charge in [0.15, 0.2) is 11.6 Å². The average molecular weight is 345 g/mol. The Morgan fingerprint density at radius 1 is 1.12 bits per heavy atom. The Balaban J connectivity index is 1.59. The zero-order valence-electron chi connectivity index (χ0n) is 13.5. The van der Waals surface area contributed by atoms with Crippen LogP contribution in [0, 0.1) is 11.6 Å². The van der Waals surface area contributed by atoms with Crippen LogP contribution >= 0.6 is 0 Å². The summed E-state index contributed by atoms with van der Waals surface area (Å²) in [4.78, 5) is 25.4. The molecule has 1 aliphatic heterocycles. The molecule has 0 atom stereocenters. The van der Waals surface area contributed by atoms with Crippen molar-refractivity contribution in [2.45, 2.75) is 26.0 Å². The molecular formula is C19H17F2NO3. The summed E-state index contributed by atoms with van der Waals surface area (Å²) in [6.07, 6.45) is 1.46. The fourth-order valence-corrected chi connectivity index (χ4v) is 2.72. The van der Waals surface area contributed by atoms with Crippen molar-refractivity contribution in [3.63, 3.8) is 0 Å². The number of ether oxygens (including phenoxy) is 1. The van der Waals surface area contributed by atoms with E-state index in [0.717, 1.165) is 24.6 Å². The lowest BCUT2D eigenvalue weighted by atomic mass is 10.1. The first-order valence-electron chi connectivity index (χ1n) is 8.01. The van der Waals surface area contributed by atoms with Crippen LogP contribution in [0.1, 0.15) is 34.3 Å². The zero-order chi connectivity index (χ0) is 17.8. The van der Waals surface area contributed by atoms with Crippen LogP contribution in [0.3, 0.4) is 0 Å². The minimum absolute atomic E-state index is 0.0162. The van der Waals surface area contributed by atoms with Crippen LogP contribution in [0.2, 0.25) is 0 Å². The molecule has 1 fully saturated rings. The van der Waals surface area contributed by atoms with E-state index in [1.54, 1.807) is 29.2 Å². The number of carbonyl (C=O) groups is 2. The maximum absolute atomic E-state index is 13.5. The number of hydrogen-bond acceptors (Lipinski definition) is 3. The summed E-state index contributed by atoms with van der Waals surface area (Å²) in [5.41, 5.74) is 1.22. The van der Waals surface area contributed by atoms with Crippen LogP contribution in [-0.2, 0) is 22.7 Å². The number of rotatable bonds is 5. The maximum Gasteiger partial charge on any atom is 0.338 e. The summed E-state index contributed by atoms with van der Waals surface area (Å²) in [6.45, 7) is 0.928. The molecule has 0 unspecified atom stereocenters. The van der Waals surface area contributed by atoms with E-state index in [1.165, 1.54) is 12.1 Å². The van der Waals surface area contributed by atoms with Gasteiger partial charge in [-0.1, -0.05) is 24.3 Å². The molecule has 1 saturated heterocycles. The van der Waals surface area contributed by atoms with Gasteiger partial charge in [0.1, 0.15) is 6.61 Å². The van der Waals surface area contributed by atoms with Gasteiger partial charge in [-0.05, 0) is 30.2 Å². The maximum atomic E-state index is 13.5. The van der Waals surface area contributed by atoms with Gasteiger partial charge in [0.2, 0.25) is 5.91 Å². The van der Waals surface area contributed by atoms with Crippen LogP contribution in [-0.4, -0.2) is 23.3 Å². The standard InChI is InChI=1S/C19H17F2NO3/c20-16-4-1-3-15(18(16)21)12-25-19(24)14-8-6-13(7-9-14)11-22-10-2-5-17(22)23/h1,3-4,6-9H,2,5,10-12H2. The van der Waals surface area contributed by atoms with Crippen molar-refractivity contribution in [2.24, 2.45) is 0 Å². The first kappa shape index (κ1) is 17.1. The van der Waals surface area contributed by atoms with Gasteiger partial charge in [0, 0.05) is 25.1 Å². The smallest absolute Gasteiger partial charge is 0.338 e. The Kier molecular flexibility index (Phi) is 5.07. The van der Waals surface area contributed by atoms with E-state index in [-0.39, 0.29) is 18.1 Å². The molecule has 0 aromatic heterocycles. The van der Waals surface area contributed by atoms with E-state index in [1.807, 2.05) is 0 Å². The van der Waals surface area contributed by atoms with Gasteiger partial charge in [0.25, 0.3) is 0 Å². The van der Waals surface area contributed by atoms with Crippen LogP contribution in [0.15, 0.2) is 42.5 Å². The summed E-state index contributed by atoms with van der Waals surface area (Å²) in [5, 5.41) is 0. The highest BCUT2D eigenvalue weighted by molar-refractivity contribution is 5.89. The zero-order valence-corrected chi connectivity index (χ0v) is 13.5. The SMILES string of the molecule is O=C(OCc1cccc(F)c1F)c1ccc(CN2CCCC2=O)cc1. The predicted octanol–water partition coefficient (Wildman–Crippen LogP) is 3.44. The van der Waals surface area contributed by atoms with E-state index >= 15 is 0 Å². The van der Waals surface area contributed by atoms with Crippen molar-refractivity contribution in [1.29, 1.82) is 0 Å². The Morgan fingerprint density at radius 3 is 2.56 bits per heavy atom. The molecule has 0 bridgehead atoms. The third-order valence-corrected chi connectivity index (χ3v) is 4.12. The number of esters is 1. The summed E-state index contributed by atoms with van der Waals surface area (Å²) >= 11 is 0. The van der Waals surface area contributed by atoms with E-state index in [0.29, 0.717) is 18.5 Å². The Labute approximate surface area is 144 Å². The molecule has 6 heteroatoms.